The minimum absolute atomic E-state index is 1.07. The largest absolute Gasteiger partial charge is 0.103 e. The van der Waals surface area contributed by atoms with E-state index in [1.165, 1.54) is 5.57 Å². The summed E-state index contributed by atoms with van der Waals surface area (Å²) in [6.45, 7) is 13.3. The van der Waals surface area contributed by atoms with Crippen LogP contribution >= 0.6 is 0 Å². The topological polar surface area (TPSA) is 0 Å². The Morgan fingerprint density at radius 2 is 1.82 bits per heavy atom. The van der Waals surface area contributed by atoms with Crippen molar-refractivity contribution in [3.63, 3.8) is 0 Å². The van der Waals surface area contributed by atoms with Crippen molar-refractivity contribution in [2.24, 2.45) is 0 Å². The third-order valence-electron chi connectivity index (χ3n) is 1.15. The van der Waals surface area contributed by atoms with Crippen LogP contribution < -0.4 is 0 Å². The SMILES string of the molecule is C=C/C=C(/C)CCC=C.CC. The molecule has 0 bridgehead atoms. The zero-order valence-electron chi connectivity index (χ0n) is 8.06. The van der Waals surface area contributed by atoms with E-state index in [1.54, 1.807) is 0 Å². The van der Waals surface area contributed by atoms with Gasteiger partial charge in [0.05, 0.1) is 0 Å². The molecule has 0 nitrogen and oxygen atoms in total. The highest BCUT2D eigenvalue weighted by Crippen LogP contribution is 2.02. The van der Waals surface area contributed by atoms with Gasteiger partial charge in [-0.15, -0.1) is 6.58 Å². The molecule has 0 fully saturated rings. The molecule has 0 radical (unpaired) electrons. The van der Waals surface area contributed by atoms with Crippen molar-refractivity contribution < 1.29 is 0 Å². The molecule has 0 atom stereocenters. The van der Waals surface area contributed by atoms with Gasteiger partial charge in [0.15, 0.2) is 0 Å². The third kappa shape index (κ3) is 12.4. The van der Waals surface area contributed by atoms with Gasteiger partial charge in [-0.2, -0.15) is 0 Å². The molecule has 0 rings (SSSR count). The number of allylic oxidation sites excluding steroid dienone is 4. The smallest absolute Gasteiger partial charge is 0.0285 e. The molecular weight excluding hydrogens is 132 g/mol. The molecule has 0 N–H and O–H groups in total. The second kappa shape index (κ2) is 12.0. The first-order valence-corrected chi connectivity index (χ1v) is 4.20. The van der Waals surface area contributed by atoms with Crippen LogP contribution in [0.2, 0.25) is 0 Å². The van der Waals surface area contributed by atoms with Crippen LogP contribution in [0.1, 0.15) is 33.6 Å². The highest BCUT2D eigenvalue weighted by Gasteiger charge is 1.82. The fourth-order valence-corrected chi connectivity index (χ4v) is 0.614. The molecule has 0 aromatic rings. The van der Waals surface area contributed by atoms with Crippen molar-refractivity contribution in [1.29, 1.82) is 0 Å². The minimum Gasteiger partial charge on any atom is -0.103 e. The average molecular weight is 152 g/mol. The summed E-state index contributed by atoms with van der Waals surface area (Å²) in [5, 5.41) is 0. The van der Waals surface area contributed by atoms with Crippen LogP contribution in [0.3, 0.4) is 0 Å². The van der Waals surface area contributed by atoms with Gasteiger partial charge in [0.2, 0.25) is 0 Å². The van der Waals surface area contributed by atoms with E-state index >= 15 is 0 Å². The highest BCUT2D eigenvalue weighted by molar-refractivity contribution is 5.07. The van der Waals surface area contributed by atoms with E-state index in [2.05, 4.69) is 20.1 Å². The maximum absolute atomic E-state index is 3.64. The van der Waals surface area contributed by atoms with E-state index in [9.17, 15) is 0 Å². The van der Waals surface area contributed by atoms with E-state index in [1.807, 2.05) is 32.1 Å². The highest BCUT2D eigenvalue weighted by atomic mass is 13.9. The first kappa shape index (κ1) is 12.9. The van der Waals surface area contributed by atoms with E-state index in [0.29, 0.717) is 0 Å². The van der Waals surface area contributed by atoms with Gasteiger partial charge in [-0.05, 0) is 19.8 Å². The molecule has 0 aromatic carbocycles. The Labute approximate surface area is 71.3 Å². The Bertz CT molecular complexity index is 118. The van der Waals surface area contributed by atoms with Crippen LogP contribution in [0.25, 0.3) is 0 Å². The van der Waals surface area contributed by atoms with Gasteiger partial charge >= 0.3 is 0 Å². The fourth-order valence-electron chi connectivity index (χ4n) is 0.614. The van der Waals surface area contributed by atoms with Crippen molar-refractivity contribution in [2.45, 2.75) is 33.6 Å². The molecule has 0 aliphatic rings. The van der Waals surface area contributed by atoms with Crippen LogP contribution in [0.4, 0.5) is 0 Å². The van der Waals surface area contributed by atoms with Crippen LogP contribution in [0.15, 0.2) is 37.0 Å². The van der Waals surface area contributed by atoms with Crippen molar-refractivity contribution in [3.05, 3.63) is 37.0 Å². The van der Waals surface area contributed by atoms with Crippen molar-refractivity contribution in [1.82, 2.24) is 0 Å². The minimum atomic E-state index is 1.07. The van der Waals surface area contributed by atoms with Crippen molar-refractivity contribution >= 4 is 0 Å². The summed E-state index contributed by atoms with van der Waals surface area (Å²) >= 11 is 0. The molecule has 0 spiro atoms. The van der Waals surface area contributed by atoms with E-state index in [4.69, 9.17) is 0 Å². The summed E-state index contributed by atoms with van der Waals surface area (Å²) < 4.78 is 0. The molecule has 0 saturated carbocycles. The molecule has 0 aromatic heterocycles. The van der Waals surface area contributed by atoms with E-state index in [0.717, 1.165) is 12.8 Å². The van der Waals surface area contributed by atoms with Crippen LogP contribution in [-0.2, 0) is 0 Å². The summed E-state index contributed by atoms with van der Waals surface area (Å²) in [5.41, 5.74) is 1.37. The summed E-state index contributed by atoms with van der Waals surface area (Å²) in [6.07, 6.45) is 7.95. The Balaban J connectivity index is 0. The Kier molecular flexibility index (Phi) is 14.0. The van der Waals surface area contributed by atoms with Gasteiger partial charge in [-0.3, -0.25) is 0 Å². The number of rotatable bonds is 4. The van der Waals surface area contributed by atoms with Gasteiger partial charge in [0.25, 0.3) is 0 Å². The molecule has 0 heteroatoms. The lowest BCUT2D eigenvalue weighted by Gasteiger charge is -1.92. The van der Waals surface area contributed by atoms with Gasteiger partial charge in [0.1, 0.15) is 0 Å². The van der Waals surface area contributed by atoms with E-state index < -0.39 is 0 Å². The Morgan fingerprint density at radius 1 is 1.27 bits per heavy atom. The quantitative estimate of drug-likeness (QED) is 0.420. The molecule has 0 amide bonds. The predicted molar refractivity (Wildman–Crippen MR) is 54.7 cm³/mol. The summed E-state index contributed by atoms with van der Waals surface area (Å²) in [5.74, 6) is 0. The lowest BCUT2D eigenvalue weighted by atomic mass is 10.1. The van der Waals surface area contributed by atoms with Gasteiger partial charge in [0, 0.05) is 0 Å². The maximum atomic E-state index is 3.64. The Hall–Kier alpha value is -0.780. The molecule has 0 aliphatic carbocycles. The molecule has 0 aliphatic heterocycles. The van der Waals surface area contributed by atoms with Gasteiger partial charge in [-0.25, -0.2) is 0 Å². The normalized spacial score (nSPS) is 9.55. The third-order valence-corrected chi connectivity index (χ3v) is 1.15. The summed E-state index contributed by atoms with van der Waals surface area (Å²) in [4.78, 5) is 0. The molecular formula is C11H20. The standard InChI is InChI=1S/C9H14.C2H6/c1-4-6-8-9(3)7-5-2;1-2/h4-5,7H,1-2,6,8H2,3H3;1-2H3/b9-7-;. The zero-order valence-corrected chi connectivity index (χ0v) is 8.06. The summed E-state index contributed by atoms with van der Waals surface area (Å²) in [7, 11) is 0. The molecule has 11 heavy (non-hydrogen) atoms. The monoisotopic (exact) mass is 152 g/mol. The van der Waals surface area contributed by atoms with Crippen LogP contribution in [0, 0.1) is 0 Å². The van der Waals surface area contributed by atoms with Crippen LogP contribution in [0.5, 0.6) is 0 Å². The molecule has 64 valence electrons. The molecule has 0 heterocycles. The number of hydrogen-bond donors (Lipinski definition) is 0. The predicted octanol–water partition coefficient (Wildman–Crippen LogP) is 4.11. The maximum Gasteiger partial charge on any atom is -0.0285 e. The van der Waals surface area contributed by atoms with E-state index in [-0.39, 0.29) is 0 Å². The Morgan fingerprint density at radius 3 is 2.18 bits per heavy atom. The molecule has 0 unspecified atom stereocenters. The van der Waals surface area contributed by atoms with Gasteiger partial charge < -0.3 is 0 Å². The fraction of sp³-hybridized carbons (Fsp3) is 0.455. The lowest BCUT2D eigenvalue weighted by molar-refractivity contribution is 0.981. The zero-order chi connectivity index (χ0) is 9.11. The van der Waals surface area contributed by atoms with Gasteiger partial charge in [-0.1, -0.05) is 44.2 Å². The summed E-state index contributed by atoms with van der Waals surface area (Å²) in [6, 6.07) is 0. The first-order valence-electron chi connectivity index (χ1n) is 4.20. The lowest BCUT2D eigenvalue weighted by Crippen LogP contribution is -1.72. The van der Waals surface area contributed by atoms with Crippen LogP contribution in [-0.4, -0.2) is 0 Å². The molecule has 0 saturated heterocycles. The second-order valence-corrected chi connectivity index (χ2v) is 2.08. The van der Waals surface area contributed by atoms with Crippen molar-refractivity contribution in [2.75, 3.05) is 0 Å². The second-order valence-electron chi connectivity index (χ2n) is 2.08. The average Bonchev–Trinajstić information content (AvgIpc) is 2.05. The number of hydrogen-bond acceptors (Lipinski definition) is 0. The first-order chi connectivity index (χ1) is 5.31. The van der Waals surface area contributed by atoms with Crippen molar-refractivity contribution in [3.8, 4) is 0 Å².